The molecule has 2 N–H and O–H groups in total. The second kappa shape index (κ2) is 9.83. The van der Waals surface area contributed by atoms with Gasteiger partial charge in [0.2, 0.25) is 0 Å². The van der Waals surface area contributed by atoms with Crippen LogP contribution in [0.3, 0.4) is 0 Å². The lowest BCUT2D eigenvalue weighted by atomic mass is 10.1. The van der Waals surface area contributed by atoms with Gasteiger partial charge in [-0.3, -0.25) is 4.99 Å². The fourth-order valence-electron chi connectivity index (χ4n) is 1.75. The molecule has 1 heterocycles. The van der Waals surface area contributed by atoms with Gasteiger partial charge in [-0.15, -0.1) is 35.3 Å². The molecule has 0 aliphatic heterocycles. The Morgan fingerprint density at radius 2 is 2.00 bits per heavy atom. The number of hydrogen-bond donors (Lipinski definition) is 2. The molecule has 0 saturated carbocycles. The van der Waals surface area contributed by atoms with E-state index in [1.165, 1.54) is 4.88 Å². The minimum atomic E-state index is -3.11. The molecule has 0 bridgehead atoms. The topological polar surface area (TPSA) is 70.6 Å². The average molecular weight is 473 g/mol. The summed E-state index contributed by atoms with van der Waals surface area (Å²) in [6.07, 6.45) is 0. The molecule has 23 heavy (non-hydrogen) atoms. The molecule has 1 rings (SSSR count). The number of sulfone groups is 1. The highest BCUT2D eigenvalue weighted by Crippen LogP contribution is 2.19. The number of nitrogens with zero attached hydrogens (tertiary/aromatic N) is 1. The van der Waals surface area contributed by atoms with Crippen LogP contribution >= 0.6 is 35.3 Å². The molecular formula is C15H28IN3O2S2. The molecule has 0 saturated heterocycles. The number of nitrogens with one attached hydrogen (secondary N) is 2. The van der Waals surface area contributed by atoms with Gasteiger partial charge >= 0.3 is 0 Å². The predicted octanol–water partition coefficient (Wildman–Crippen LogP) is 2.85. The maximum Gasteiger partial charge on any atom is 0.191 e. The number of halogens is 1. The van der Waals surface area contributed by atoms with Crippen LogP contribution in [0, 0.1) is 0 Å². The van der Waals surface area contributed by atoms with Crippen LogP contribution in [0.25, 0.3) is 0 Å². The van der Waals surface area contributed by atoms with Crippen LogP contribution in [-0.2, 0) is 9.84 Å². The minimum absolute atomic E-state index is 0. The van der Waals surface area contributed by atoms with Gasteiger partial charge < -0.3 is 10.6 Å². The Labute approximate surface area is 161 Å². The van der Waals surface area contributed by atoms with Gasteiger partial charge in [-0.25, -0.2) is 8.42 Å². The summed E-state index contributed by atoms with van der Waals surface area (Å²) in [5.41, 5.74) is 0. The summed E-state index contributed by atoms with van der Waals surface area (Å²) in [4.78, 5) is 5.44. The number of guanidine groups is 1. The Morgan fingerprint density at radius 3 is 2.48 bits per heavy atom. The fraction of sp³-hybridized carbons (Fsp3) is 0.667. The summed E-state index contributed by atoms with van der Waals surface area (Å²) in [7, 11) is -1.43. The molecule has 0 aliphatic rings. The van der Waals surface area contributed by atoms with Crippen molar-refractivity contribution < 1.29 is 8.42 Å². The second-order valence-corrected chi connectivity index (χ2v) is 10.1. The molecule has 0 aromatic carbocycles. The van der Waals surface area contributed by atoms with Gasteiger partial charge in [-0.1, -0.05) is 13.0 Å². The Bertz CT molecular complexity index is 578. The van der Waals surface area contributed by atoms with Crippen molar-refractivity contribution in [2.45, 2.75) is 38.4 Å². The van der Waals surface area contributed by atoms with E-state index in [-0.39, 0.29) is 29.7 Å². The summed E-state index contributed by atoms with van der Waals surface area (Å²) in [5, 5.41) is 8.36. The highest BCUT2D eigenvalue weighted by atomic mass is 127. The van der Waals surface area contributed by atoms with Crippen LogP contribution in [-0.4, -0.2) is 45.0 Å². The lowest BCUT2D eigenvalue weighted by Crippen LogP contribution is -2.42. The number of aliphatic imine (C=N–C) groups is 1. The normalized spacial score (nSPS) is 14.0. The van der Waals surface area contributed by atoms with Crippen molar-refractivity contribution in [3.8, 4) is 0 Å². The maximum atomic E-state index is 12.0. The van der Waals surface area contributed by atoms with Gasteiger partial charge in [0.15, 0.2) is 15.8 Å². The molecule has 134 valence electrons. The van der Waals surface area contributed by atoms with Crippen LogP contribution in [0.2, 0.25) is 0 Å². The van der Waals surface area contributed by atoms with Gasteiger partial charge in [0, 0.05) is 30.9 Å². The van der Waals surface area contributed by atoms with Crippen molar-refractivity contribution in [2.75, 3.05) is 25.9 Å². The van der Waals surface area contributed by atoms with Gasteiger partial charge in [-0.2, -0.15) is 0 Å². The van der Waals surface area contributed by atoms with E-state index in [1.54, 1.807) is 39.2 Å². The third-order valence-electron chi connectivity index (χ3n) is 3.42. The summed E-state index contributed by atoms with van der Waals surface area (Å²) in [5.74, 6) is 1.11. The van der Waals surface area contributed by atoms with Gasteiger partial charge in [0.1, 0.15) is 0 Å². The van der Waals surface area contributed by atoms with E-state index in [4.69, 9.17) is 0 Å². The third-order valence-corrected chi connectivity index (χ3v) is 7.14. The summed E-state index contributed by atoms with van der Waals surface area (Å²) in [6.45, 7) is 8.42. The van der Waals surface area contributed by atoms with E-state index in [0.717, 1.165) is 6.54 Å². The monoisotopic (exact) mass is 473 g/mol. The highest BCUT2D eigenvalue weighted by molar-refractivity contribution is 14.0. The van der Waals surface area contributed by atoms with E-state index in [9.17, 15) is 8.42 Å². The molecular weight excluding hydrogens is 445 g/mol. The second-order valence-electron chi connectivity index (χ2n) is 6.23. The number of rotatable bonds is 6. The van der Waals surface area contributed by atoms with Crippen molar-refractivity contribution in [1.29, 1.82) is 0 Å². The first-order chi connectivity index (χ1) is 10.2. The van der Waals surface area contributed by atoms with Crippen molar-refractivity contribution in [1.82, 2.24) is 10.6 Å². The first-order valence-corrected chi connectivity index (χ1v) is 9.91. The van der Waals surface area contributed by atoms with Gasteiger partial charge in [0.05, 0.1) is 10.5 Å². The van der Waals surface area contributed by atoms with E-state index in [0.29, 0.717) is 18.4 Å². The fourth-order valence-corrected chi connectivity index (χ4v) is 3.52. The Morgan fingerprint density at radius 1 is 1.35 bits per heavy atom. The zero-order valence-electron chi connectivity index (χ0n) is 14.4. The molecule has 8 heteroatoms. The number of hydrogen-bond acceptors (Lipinski definition) is 4. The molecule has 1 aromatic heterocycles. The van der Waals surface area contributed by atoms with Crippen molar-refractivity contribution in [2.24, 2.45) is 4.99 Å². The molecule has 5 nitrogen and oxygen atoms in total. The summed E-state index contributed by atoms with van der Waals surface area (Å²) in [6, 6.07) is 4.16. The van der Waals surface area contributed by atoms with Gasteiger partial charge in [0.25, 0.3) is 0 Å². The van der Waals surface area contributed by atoms with E-state index >= 15 is 0 Å². The summed E-state index contributed by atoms with van der Waals surface area (Å²) < 4.78 is 23.4. The van der Waals surface area contributed by atoms with Crippen LogP contribution in [0.15, 0.2) is 22.5 Å². The van der Waals surface area contributed by atoms with Crippen LogP contribution in [0.1, 0.15) is 38.5 Å². The molecule has 0 aliphatic carbocycles. The average Bonchev–Trinajstić information content (AvgIpc) is 2.95. The van der Waals surface area contributed by atoms with Crippen molar-refractivity contribution >= 4 is 51.1 Å². The largest absolute Gasteiger partial charge is 0.356 e. The van der Waals surface area contributed by atoms with E-state index < -0.39 is 14.6 Å². The van der Waals surface area contributed by atoms with Crippen molar-refractivity contribution in [3.05, 3.63) is 22.4 Å². The lowest BCUT2D eigenvalue weighted by Gasteiger charge is -2.20. The smallest absolute Gasteiger partial charge is 0.191 e. The Balaban J connectivity index is 0.00000484. The number of thiophene rings is 1. The zero-order valence-corrected chi connectivity index (χ0v) is 18.4. The quantitative estimate of drug-likeness (QED) is 0.379. The SMILES string of the molecule is CN=C(NCCS(=O)(=O)C(C)(C)C)NCC(C)c1cccs1.I. The third kappa shape index (κ3) is 7.38. The first kappa shape index (κ1) is 22.6. The van der Waals surface area contributed by atoms with Crippen molar-refractivity contribution in [3.63, 3.8) is 0 Å². The molecule has 1 atom stereocenters. The molecule has 0 radical (unpaired) electrons. The zero-order chi connectivity index (χ0) is 16.8. The maximum absolute atomic E-state index is 12.0. The minimum Gasteiger partial charge on any atom is -0.356 e. The molecule has 0 spiro atoms. The molecule has 1 unspecified atom stereocenters. The van der Waals surface area contributed by atoms with Crippen LogP contribution < -0.4 is 10.6 Å². The molecule has 0 amide bonds. The molecule has 0 fully saturated rings. The first-order valence-electron chi connectivity index (χ1n) is 7.37. The predicted molar refractivity (Wildman–Crippen MR) is 111 cm³/mol. The Hall–Kier alpha value is -0.350. The lowest BCUT2D eigenvalue weighted by molar-refractivity contribution is 0.559. The van der Waals surface area contributed by atoms with E-state index in [2.05, 4.69) is 34.0 Å². The Kier molecular flexibility index (Phi) is 9.68. The van der Waals surface area contributed by atoms with Gasteiger partial charge in [-0.05, 0) is 32.2 Å². The van der Waals surface area contributed by atoms with Crippen LogP contribution in [0.5, 0.6) is 0 Å². The standard InChI is InChI=1S/C15H27N3O2S2.HI/c1-12(13-7-6-9-21-13)11-18-14(16-5)17-8-10-22(19,20)15(2,3)4;/h6-7,9,12H,8,10-11H2,1-5H3,(H2,16,17,18);1H. The van der Waals surface area contributed by atoms with Crippen LogP contribution in [0.4, 0.5) is 0 Å². The highest BCUT2D eigenvalue weighted by Gasteiger charge is 2.28. The molecule has 1 aromatic rings. The summed E-state index contributed by atoms with van der Waals surface area (Å²) >= 11 is 1.73. The van der Waals surface area contributed by atoms with E-state index in [1.807, 2.05) is 6.07 Å².